The fourth-order valence-corrected chi connectivity index (χ4v) is 1.36. The van der Waals surface area contributed by atoms with Gasteiger partial charge in [-0.1, -0.05) is 0 Å². The fraction of sp³-hybridized carbons (Fsp3) is 0.714. The van der Waals surface area contributed by atoms with E-state index in [2.05, 4.69) is 5.32 Å². The maximum atomic E-state index is 11.6. The van der Waals surface area contributed by atoms with Gasteiger partial charge in [0.25, 0.3) is 0 Å². The van der Waals surface area contributed by atoms with Gasteiger partial charge in [-0.25, -0.2) is 9.59 Å². The predicted octanol–water partition coefficient (Wildman–Crippen LogP) is -1.27. The van der Waals surface area contributed by atoms with Crippen LogP contribution in [0, 0.1) is 0 Å². The van der Waals surface area contributed by atoms with E-state index in [1.807, 2.05) is 0 Å². The first-order valence-electron chi connectivity index (χ1n) is 3.87. The summed E-state index contributed by atoms with van der Waals surface area (Å²) < 4.78 is -0.951. The second kappa shape index (κ2) is 2.76. The van der Waals surface area contributed by atoms with Crippen LogP contribution in [0.15, 0.2) is 0 Å². The minimum Gasteiger partial charge on any atom is -0.346 e. The number of hydrogen-bond acceptors (Lipinski definition) is 4. The molecule has 3 amide bonds. The smallest absolute Gasteiger partial charge is 0.346 e. The highest BCUT2D eigenvalue weighted by atomic mass is 16.3. The molecule has 1 saturated heterocycles. The van der Waals surface area contributed by atoms with Crippen molar-refractivity contribution in [3.63, 3.8) is 0 Å². The number of amides is 3. The highest BCUT2D eigenvalue weighted by molar-refractivity contribution is 5.97. The van der Waals surface area contributed by atoms with Crippen LogP contribution in [0.5, 0.6) is 0 Å². The normalized spacial score (nSPS) is 24.6. The molecule has 1 heterocycles. The summed E-state index contributed by atoms with van der Waals surface area (Å²) in [6.07, 6.45) is 0. The van der Waals surface area contributed by atoms with Gasteiger partial charge in [0.15, 0.2) is 19.0 Å². The molecule has 1 fully saturated rings. The van der Waals surface area contributed by atoms with Gasteiger partial charge in [-0.15, -0.1) is 4.48 Å². The zero-order chi connectivity index (χ0) is 10.3. The Hall–Kier alpha value is -0.980. The molecule has 6 nitrogen and oxygen atoms in total. The van der Waals surface area contributed by atoms with Crippen molar-refractivity contribution in [2.75, 3.05) is 13.5 Å². The van der Waals surface area contributed by atoms with Crippen molar-refractivity contribution in [2.24, 2.45) is 0 Å². The van der Waals surface area contributed by atoms with Crippen LogP contribution in [0.2, 0.25) is 0 Å². The van der Waals surface area contributed by atoms with E-state index < -0.39 is 35.4 Å². The van der Waals surface area contributed by atoms with E-state index in [0.717, 1.165) is 0 Å². The first-order valence-corrected chi connectivity index (χ1v) is 3.87. The molecular formula is C7H13N2O4+. The third-order valence-electron chi connectivity index (χ3n) is 2.21. The van der Waals surface area contributed by atoms with E-state index in [0.29, 0.717) is 0 Å². The van der Waals surface area contributed by atoms with Crippen molar-refractivity contribution >= 4 is 11.9 Å². The lowest BCUT2D eigenvalue weighted by Gasteiger charge is -2.22. The minimum atomic E-state index is -1.03. The molecular weight excluding hydrogens is 176 g/mol. The fourth-order valence-electron chi connectivity index (χ4n) is 1.36. The number of hydrogen-bond donors (Lipinski definition) is 3. The number of carbonyl (C=O) groups is 2. The molecule has 1 aliphatic heterocycles. The second-order valence-corrected chi connectivity index (χ2v) is 3.61. The topological polar surface area (TPSA) is 86.6 Å². The summed E-state index contributed by atoms with van der Waals surface area (Å²) in [5.74, 6) is -0.525. The van der Waals surface area contributed by atoms with Crippen molar-refractivity contribution in [1.82, 2.24) is 5.32 Å². The summed E-state index contributed by atoms with van der Waals surface area (Å²) in [4.78, 5) is 22.9. The van der Waals surface area contributed by atoms with Gasteiger partial charge in [-0.3, -0.25) is 5.32 Å². The molecule has 0 bridgehead atoms. The quantitative estimate of drug-likeness (QED) is 0.373. The van der Waals surface area contributed by atoms with Gasteiger partial charge in [0, 0.05) is 0 Å². The molecule has 3 N–H and O–H groups in total. The van der Waals surface area contributed by atoms with Gasteiger partial charge in [0.1, 0.15) is 0 Å². The Morgan fingerprint density at radius 3 is 1.92 bits per heavy atom. The van der Waals surface area contributed by atoms with Crippen molar-refractivity contribution in [3.05, 3.63) is 0 Å². The Morgan fingerprint density at radius 2 is 1.77 bits per heavy atom. The highest BCUT2D eigenvalue weighted by Gasteiger charge is 2.59. The van der Waals surface area contributed by atoms with Crippen molar-refractivity contribution in [2.45, 2.75) is 19.4 Å². The maximum absolute atomic E-state index is 11.6. The number of imide groups is 1. The van der Waals surface area contributed by atoms with Crippen molar-refractivity contribution in [1.29, 1.82) is 0 Å². The zero-order valence-electron chi connectivity index (χ0n) is 7.57. The summed E-state index contributed by atoms with van der Waals surface area (Å²) in [7, 11) is 0. The summed E-state index contributed by atoms with van der Waals surface area (Å²) >= 11 is 0. The van der Waals surface area contributed by atoms with E-state index in [-0.39, 0.29) is 0 Å². The summed E-state index contributed by atoms with van der Waals surface area (Å²) in [5.41, 5.74) is -1.03. The van der Waals surface area contributed by atoms with E-state index >= 15 is 0 Å². The van der Waals surface area contributed by atoms with E-state index in [1.165, 1.54) is 13.8 Å². The average molecular weight is 189 g/mol. The molecule has 0 aromatic carbocycles. The Balaban J connectivity index is 3.13. The molecule has 6 heteroatoms. The molecule has 1 rings (SSSR count). The van der Waals surface area contributed by atoms with Gasteiger partial charge in [0.05, 0.1) is 0 Å². The number of aliphatic hydroxyl groups excluding tert-OH is 2. The predicted molar refractivity (Wildman–Crippen MR) is 42.0 cm³/mol. The van der Waals surface area contributed by atoms with Crippen LogP contribution >= 0.6 is 0 Å². The molecule has 0 aliphatic carbocycles. The average Bonchev–Trinajstić information content (AvgIpc) is 2.22. The molecule has 1 aliphatic rings. The van der Waals surface area contributed by atoms with Crippen LogP contribution in [0.4, 0.5) is 4.79 Å². The molecule has 13 heavy (non-hydrogen) atoms. The third kappa shape index (κ3) is 1.14. The molecule has 0 unspecified atom stereocenters. The number of aliphatic hydroxyl groups is 2. The van der Waals surface area contributed by atoms with Crippen molar-refractivity contribution in [3.8, 4) is 0 Å². The molecule has 0 aromatic heterocycles. The highest BCUT2D eigenvalue weighted by Crippen LogP contribution is 2.23. The van der Waals surface area contributed by atoms with Gasteiger partial charge in [-0.2, -0.15) is 0 Å². The number of carbonyl (C=O) groups excluding carboxylic acids is 2. The number of quaternary nitrogens is 1. The van der Waals surface area contributed by atoms with E-state index in [9.17, 15) is 9.59 Å². The Labute approximate surface area is 75.4 Å². The van der Waals surface area contributed by atoms with Crippen molar-refractivity contribution < 1.29 is 24.3 Å². The van der Waals surface area contributed by atoms with E-state index in [1.54, 1.807) is 0 Å². The van der Waals surface area contributed by atoms with Crippen LogP contribution in [0.1, 0.15) is 13.8 Å². The summed E-state index contributed by atoms with van der Waals surface area (Å²) in [6, 6.07) is -0.667. The van der Waals surface area contributed by atoms with Crippen LogP contribution in [0.25, 0.3) is 0 Å². The first kappa shape index (κ1) is 10.1. The Morgan fingerprint density at radius 1 is 1.31 bits per heavy atom. The molecule has 0 radical (unpaired) electrons. The van der Waals surface area contributed by atoms with Gasteiger partial charge < -0.3 is 10.2 Å². The lowest BCUT2D eigenvalue weighted by Crippen LogP contribution is -2.55. The van der Waals surface area contributed by atoms with Gasteiger partial charge in [-0.05, 0) is 13.8 Å². The lowest BCUT2D eigenvalue weighted by molar-refractivity contribution is -0.811. The molecule has 0 aromatic rings. The summed E-state index contributed by atoms with van der Waals surface area (Å²) in [5, 5.41) is 20.2. The second-order valence-electron chi connectivity index (χ2n) is 3.61. The van der Waals surface area contributed by atoms with Gasteiger partial charge >= 0.3 is 11.9 Å². The van der Waals surface area contributed by atoms with Crippen LogP contribution < -0.4 is 5.32 Å². The molecule has 0 atom stereocenters. The largest absolute Gasteiger partial charge is 0.429 e. The number of nitrogens with zero attached hydrogens (tertiary/aromatic N) is 1. The summed E-state index contributed by atoms with van der Waals surface area (Å²) in [6.45, 7) is 1.62. The minimum absolute atomic E-state index is 0.525. The SMILES string of the molecule is CC1(C)NC(=O)[N+](CO)(CO)C1=O. The maximum Gasteiger partial charge on any atom is 0.429 e. The first-order chi connectivity index (χ1) is 5.90. The zero-order valence-corrected chi connectivity index (χ0v) is 7.57. The Bertz CT molecular complexity index is 257. The number of nitrogens with one attached hydrogen (secondary N) is 1. The Kier molecular flexibility index (Phi) is 2.15. The number of urea groups is 1. The van der Waals surface area contributed by atoms with E-state index in [4.69, 9.17) is 10.2 Å². The van der Waals surface area contributed by atoms with Crippen LogP contribution in [0.3, 0.4) is 0 Å². The lowest BCUT2D eigenvalue weighted by atomic mass is 10.1. The van der Waals surface area contributed by atoms with Crippen LogP contribution in [-0.2, 0) is 4.79 Å². The molecule has 0 spiro atoms. The van der Waals surface area contributed by atoms with Gasteiger partial charge in [0.2, 0.25) is 0 Å². The standard InChI is InChI=1S/C7H12N2O4/c1-7(2)5(12)9(3-10,4-11)6(13)8-7/h10-11H,3-4H2,1-2H3/p+1. The molecule has 0 saturated carbocycles. The molecule has 74 valence electrons. The third-order valence-corrected chi connectivity index (χ3v) is 2.21. The monoisotopic (exact) mass is 189 g/mol. The number of rotatable bonds is 2. The van der Waals surface area contributed by atoms with Crippen LogP contribution in [-0.4, -0.2) is 45.6 Å².